The van der Waals surface area contributed by atoms with Crippen LogP contribution in [0.25, 0.3) is 11.1 Å². The number of halogens is 1. The van der Waals surface area contributed by atoms with Crippen molar-refractivity contribution in [2.75, 3.05) is 0 Å². The van der Waals surface area contributed by atoms with E-state index in [1.807, 2.05) is 25.1 Å². The van der Waals surface area contributed by atoms with Gasteiger partial charge in [0, 0.05) is 11.5 Å². The molecule has 1 unspecified atom stereocenters. The first-order chi connectivity index (χ1) is 9.27. The topological polar surface area (TPSA) is 0 Å². The molecule has 2 aromatic rings. The van der Waals surface area contributed by atoms with E-state index in [0.717, 1.165) is 11.5 Å². The van der Waals surface area contributed by atoms with E-state index in [0.29, 0.717) is 0 Å². The maximum atomic E-state index is 5.68. The summed E-state index contributed by atoms with van der Waals surface area (Å²) in [5.41, 5.74) is 3.76. The van der Waals surface area contributed by atoms with Crippen molar-refractivity contribution in [1.82, 2.24) is 0 Å². The first-order valence-corrected chi connectivity index (χ1v) is 6.77. The van der Waals surface area contributed by atoms with Crippen LogP contribution in [-0.2, 0) is 16.5 Å². The number of allylic oxidation sites excluding steroid dienone is 4. The molecule has 0 fully saturated rings. The summed E-state index contributed by atoms with van der Waals surface area (Å²) in [6.45, 7) is 2.02. The molecular weight excluding hydrogens is 341 g/mol. The molecule has 0 N–H and O–H groups in total. The zero-order valence-corrected chi connectivity index (χ0v) is 15.2. The van der Waals surface area contributed by atoms with E-state index in [1.165, 1.54) is 16.7 Å². The Bertz CT molecular complexity index is 539. The molecule has 0 heterocycles. The number of benzene rings is 2. The van der Waals surface area contributed by atoms with Crippen molar-refractivity contribution in [3.05, 3.63) is 83.4 Å². The SMILES string of the molecule is CC1=C(Cl)CC=C1.P.[Ni+2].c1ccc(-c2ccccc2)cc1. The Morgan fingerprint density at radius 2 is 1.24 bits per heavy atom. The van der Waals surface area contributed by atoms with Crippen molar-refractivity contribution < 1.29 is 16.5 Å². The van der Waals surface area contributed by atoms with Gasteiger partial charge in [0.2, 0.25) is 0 Å². The number of hydrogen-bond donors (Lipinski definition) is 0. The second-order valence-electron chi connectivity index (χ2n) is 4.43. The normalized spacial score (nSPS) is 11.9. The third kappa shape index (κ3) is 6.62. The van der Waals surface area contributed by atoms with Gasteiger partial charge in [-0.05, 0) is 23.6 Å². The average molecular weight is 361 g/mol. The van der Waals surface area contributed by atoms with Gasteiger partial charge in [-0.25, -0.2) is 0 Å². The molecule has 3 heteroatoms. The van der Waals surface area contributed by atoms with E-state index < -0.39 is 0 Å². The van der Waals surface area contributed by atoms with Crippen LogP contribution in [0.3, 0.4) is 0 Å². The molecule has 112 valence electrons. The largest absolute Gasteiger partial charge is 2.00 e. The van der Waals surface area contributed by atoms with Gasteiger partial charge in [0.05, 0.1) is 0 Å². The second-order valence-corrected chi connectivity index (χ2v) is 4.88. The third-order valence-electron chi connectivity index (χ3n) is 2.97. The summed E-state index contributed by atoms with van der Waals surface area (Å²) in [6, 6.07) is 20.8. The minimum absolute atomic E-state index is 0. The molecule has 0 saturated carbocycles. The molecule has 0 bridgehead atoms. The van der Waals surface area contributed by atoms with Gasteiger partial charge in [-0.1, -0.05) is 84.4 Å². The predicted molar refractivity (Wildman–Crippen MR) is 95.3 cm³/mol. The fourth-order valence-corrected chi connectivity index (χ4v) is 2.00. The fourth-order valence-electron chi connectivity index (χ4n) is 1.85. The average Bonchev–Trinajstić information content (AvgIpc) is 2.85. The van der Waals surface area contributed by atoms with Crippen molar-refractivity contribution in [1.29, 1.82) is 0 Å². The van der Waals surface area contributed by atoms with Crippen LogP contribution >= 0.6 is 21.5 Å². The molecular formula is C18H20ClNiP+2. The van der Waals surface area contributed by atoms with Gasteiger partial charge >= 0.3 is 16.5 Å². The van der Waals surface area contributed by atoms with Gasteiger partial charge in [-0.15, -0.1) is 0 Å². The van der Waals surface area contributed by atoms with Gasteiger partial charge in [-0.2, -0.15) is 9.90 Å². The van der Waals surface area contributed by atoms with Crippen LogP contribution in [0.2, 0.25) is 0 Å². The first kappa shape index (κ1) is 20.1. The van der Waals surface area contributed by atoms with Crippen molar-refractivity contribution in [3.8, 4) is 11.1 Å². The first-order valence-electron chi connectivity index (χ1n) is 6.39. The van der Waals surface area contributed by atoms with Gasteiger partial charge in [0.15, 0.2) is 0 Å². The maximum absolute atomic E-state index is 5.68. The smallest absolute Gasteiger partial charge is 0.153 e. The minimum atomic E-state index is 0. The predicted octanol–water partition coefficient (Wildman–Crippen LogP) is 5.87. The Kier molecular flexibility index (Phi) is 10.4. The summed E-state index contributed by atoms with van der Waals surface area (Å²) < 4.78 is 0. The quantitative estimate of drug-likeness (QED) is 0.440. The minimum Gasteiger partial charge on any atom is -0.153 e. The summed E-state index contributed by atoms with van der Waals surface area (Å²) >= 11 is 5.68. The Morgan fingerprint density at radius 3 is 1.48 bits per heavy atom. The molecule has 3 rings (SSSR count). The van der Waals surface area contributed by atoms with Crippen LogP contribution < -0.4 is 0 Å². The molecule has 1 aliphatic rings. The van der Waals surface area contributed by atoms with Crippen LogP contribution in [0.15, 0.2) is 83.4 Å². The van der Waals surface area contributed by atoms with Crippen LogP contribution in [-0.4, -0.2) is 0 Å². The van der Waals surface area contributed by atoms with Crippen LogP contribution in [0.5, 0.6) is 0 Å². The van der Waals surface area contributed by atoms with Crippen LogP contribution in [0, 0.1) is 0 Å². The third-order valence-corrected chi connectivity index (χ3v) is 3.43. The Balaban J connectivity index is 0.000000389. The van der Waals surface area contributed by atoms with Crippen LogP contribution in [0.1, 0.15) is 13.3 Å². The van der Waals surface area contributed by atoms with E-state index in [-0.39, 0.29) is 26.4 Å². The summed E-state index contributed by atoms with van der Waals surface area (Å²) in [6.07, 6.45) is 5.05. The Morgan fingerprint density at radius 1 is 0.810 bits per heavy atom. The van der Waals surface area contributed by atoms with Crippen molar-refractivity contribution in [3.63, 3.8) is 0 Å². The molecule has 21 heavy (non-hydrogen) atoms. The van der Waals surface area contributed by atoms with Crippen molar-refractivity contribution in [2.45, 2.75) is 13.3 Å². The Labute approximate surface area is 145 Å². The molecule has 0 saturated heterocycles. The second kappa shape index (κ2) is 10.8. The molecule has 1 atom stereocenters. The molecule has 2 aromatic carbocycles. The number of hydrogen-bond acceptors (Lipinski definition) is 0. The summed E-state index contributed by atoms with van der Waals surface area (Å²) in [5, 5.41) is 0.986. The summed E-state index contributed by atoms with van der Waals surface area (Å²) in [4.78, 5) is 0. The zero-order valence-electron chi connectivity index (χ0n) is 12.0. The van der Waals surface area contributed by atoms with E-state index in [1.54, 1.807) is 0 Å². The summed E-state index contributed by atoms with van der Waals surface area (Å²) in [7, 11) is 0. The van der Waals surface area contributed by atoms with E-state index in [9.17, 15) is 0 Å². The van der Waals surface area contributed by atoms with E-state index >= 15 is 0 Å². The van der Waals surface area contributed by atoms with E-state index in [4.69, 9.17) is 11.6 Å². The fraction of sp³-hybridized carbons (Fsp3) is 0.111. The van der Waals surface area contributed by atoms with Gasteiger partial charge in [0.1, 0.15) is 0 Å². The molecule has 1 aliphatic carbocycles. The molecule has 0 aromatic heterocycles. The molecule has 0 spiro atoms. The Hall–Kier alpha value is -0.866. The van der Waals surface area contributed by atoms with Crippen molar-refractivity contribution in [2.24, 2.45) is 0 Å². The standard InChI is InChI=1S/C12H10.C6H7Cl.Ni.H3P/c1-3-7-11(8-4-1)12-9-5-2-6-10-12;1-5-3-2-4-6(5)7;;/h1-10H;2-3H,4H2,1H3;;1H3/q;;+2;. The van der Waals surface area contributed by atoms with Gasteiger partial charge in [0.25, 0.3) is 0 Å². The molecule has 0 radical (unpaired) electrons. The van der Waals surface area contributed by atoms with Gasteiger partial charge < -0.3 is 0 Å². The summed E-state index contributed by atoms with van der Waals surface area (Å²) in [5.74, 6) is 0. The molecule has 0 aliphatic heterocycles. The zero-order chi connectivity index (χ0) is 13.5. The van der Waals surface area contributed by atoms with E-state index in [2.05, 4.69) is 54.6 Å². The van der Waals surface area contributed by atoms with Crippen LogP contribution in [0.4, 0.5) is 0 Å². The molecule has 0 amide bonds. The number of rotatable bonds is 1. The van der Waals surface area contributed by atoms with Gasteiger partial charge in [-0.3, -0.25) is 0 Å². The maximum Gasteiger partial charge on any atom is 2.00 e. The van der Waals surface area contributed by atoms with Crippen molar-refractivity contribution >= 4 is 21.5 Å². The monoisotopic (exact) mass is 360 g/mol. The molecule has 0 nitrogen and oxygen atoms in total.